The van der Waals surface area contributed by atoms with Crippen LogP contribution >= 0.6 is 0 Å². The molecular weight excluding hydrogens is 394 g/mol. The van der Waals surface area contributed by atoms with Gasteiger partial charge >= 0.3 is 0 Å². The molecule has 5 heteroatoms. The number of hydrogen-bond donors (Lipinski definition) is 2. The Morgan fingerprint density at radius 2 is 1.66 bits per heavy atom. The predicted octanol–water partition coefficient (Wildman–Crippen LogP) is 3.50. The summed E-state index contributed by atoms with van der Waals surface area (Å²) in [5.41, 5.74) is 2.23. The van der Waals surface area contributed by atoms with Gasteiger partial charge in [-0.15, -0.1) is 0 Å². The minimum Gasteiger partial charge on any atom is -0.331 e. The van der Waals surface area contributed by atoms with Crippen LogP contribution in [0.2, 0.25) is 0 Å². The van der Waals surface area contributed by atoms with Crippen LogP contribution in [0.1, 0.15) is 24.8 Å². The van der Waals surface area contributed by atoms with Crippen molar-refractivity contribution in [1.29, 1.82) is 21.2 Å². The summed E-state index contributed by atoms with van der Waals surface area (Å²) in [5.74, 6) is -1.40. The van der Waals surface area contributed by atoms with Gasteiger partial charge < -0.3 is 10.3 Å². The second kappa shape index (κ2) is 8.80. The van der Waals surface area contributed by atoms with Crippen molar-refractivity contribution in [3.8, 4) is 29.3 Å². The Morgan fingerprint density at radius 3 is 2.25 bits per heavy atom. The molecule has 0 radical (unpaired) electrons. The standard InChI is InChI=1S/C27H25N5/c1-2-13-32-14-12-22-23(15-28)26(31)27(17-29,18-30)25(24(22)16-32)21-10-8-20(9-11-21)19-6-4-3-5-7-19/h3-12,23-25,31H,2,13-14,16H2,1H3/p+1/t23?,24-,25-/m1/s1. The second-order valence-electron chi connectivity index (χ2n) is 8.69. The predicted molar refractivity (Wildman–Crippen MR) is 123 cm³/mol. The molecule has 1 heterocycles. The van der Waals surface area contributed by atoms with Crippen molar-refractivity contribution >= 4 is 5.71 Å². The van der Waals surface area contributed by atoms with Crippen molar-refractivity contribution in [2.75, 3.05) is 19.6 Å². The fourth-order valence-corrected chi connectivity index (χ4v) is 5.41. The molecule has 2 aliphatic rings. The molecule has 0 spiro atoms. The van der Waals surface area contributed by atoms with Gasteiger partial charge in [0.1, 0.15) is 5.92 Å². The fraction of sp³-hybridized carbons (Fsp3) is 0.333. The van der Waals surface area contributed by atoms with E-state index in [1.165, 1.54) is 4.90 Å². The highest BCUT2D eigenvalue weighted by Crippen LogP contribution is 2.52. The molecular formula is C27H26N5+. The van der Waals surface area contributed by atoms with Crippen LogP contribution in [0.25, 0.3) is 11.1 Å². The third-order valence-electron chi connectivity index (χ3n) is 6.94. The summed E-state index contributed by atoms with van der Waals surface area (Å²) in [5, 5.41) is 39.0. The molecule has 158 valence electrons. The average Bonchev–Trinajstić information content (AvgIpc) is 2.84. The topological polar surface area (TPSA) is 99.7 Å². The molecule has 32 heavy (non-hydrogen) atoms. The van der Waals surface area contributed by atoms with Crippen LogP contribution < -0.4 is 4.90 Å². The van der Waals surface area contributed by atoms with Crippen molar-refractivity contribution in [2.24, 2.45) is 17.3 Å². The Morgan fingerprint density at radius 1 is 1.00 bits per heavy atom. The summed E-state index contributed by atoms with van der Waals surface area (Å²) in [6.45, 7) is 4.73. The van der Waals surface area contributed by atoms with E-state index in [1.807, 2.05) is 54.6 Å². The third-order valence-corrected chi connectivity index (χ3v) is 6.94. The quantitative estimate of drug-likeness (QED) is 0.741. The first-order valence-electron chi connectivity index (χ1n) is 11.1. The second-order valence-corrected chi connectivity index (χ2v) is 8.69. The summed E-state index contributed by atoms with van der Waals surface area (Å²) in [4.78, 5) is 1.39. The lowest BCUT2D eigenvalue weighted by molar-refractivity contribution is -0.899. The van der Waals surface area contributed by atoms with E-state index in [4.69, 9.17) is 5.41 Å². The molecule has 2 aromatic carbocycles. The first-order chi connectivity index (χ1) is 15.6. The number of nitrogens with zero attached hydrogens (tertiary/aromatic N) is 3. The molecule has 4 rings (SSSR count). The SMILES string of the molecule is CCC[NH+]1CC=C2C(C#N)C(=N)C(C#N)(C#N)[C@H](c3ccc(-c4ccccc4)cc3)[C@@H]2C1. The maximum absolute atomic E-state index is 10.2. The number of rotatable bonds is 4. The van der Waals surface area contributed by atoms with E-state index in [9.17, 15) is 15.8 Å². The smallest absolute Gasteiger partial charge is 0.189 e. The van der Waals surface area contributed by atoms with Crippen LogP contribution in [0, 0.1) is 56.7 Å². The number of nitriles is 3. The number of fused-ring (bicyclic) bond motifs is 1. The Balaban J connectivity index is 1.83. The van der Waals surface area contributed by atoms with Crippen LogP contribution in [0.4, 0.5) is 0 Å². The molecule has 2 N–H and O–H groups in total. The molecule has 5 nitrogen and oxygen atoms in total. The molecule has 0 amide bonds. The molecule has 2 unspecified atom stereocenters. The Kier molecular flexibility index (Phi) is 5.91. The molecule has 1 aliphatic carbocycles. The Hall–Kier alpha value is -3.72. The molecule has 4 atom stereocenters. The van der Waals surface area contributed by atoms with Gasteiger partial charge in [-0.25, -0.2) is 0 Å². The maximum atomic E-state index is 10.2. The first-order valence-corrected chi connectivity index (χ1v) is 11.1. The van der Waals surface area contributed by atoms with Crippen LogP contribution in [0.5, 0.6) is 0 Å². The monoisotopic (exact) mass is 420 g/mol. The Labute approximate surface area is 189 Å². The van der Waals surface area contributed by atoms with Crippen molar-refractivity contribution in [2.45, 2.75) is 19.3 Å². The van der Waals surface area contributed by atoms with Crippen LogP contribution in [-0.4, -0.2) is 25.3 Å². The van der Waals surface area contributed by atoms with Gasteiger partial charge in [0.05, 0.1) is 43.6 Å². The molecule has 0 saturated heterocycles. The van der Waals surface area contributed by atoms with Crippen molar-refractivity contribution < 1.29 is 4.90 Å². The van der Waals surface area contributed by atoms with E-state index in [-0.39, 0.29) is 11.6 Å². The van der Waals surface area contributed by atoms with Crippen LogP contribution in [-0.2, 0) is 0 Å². The van der Waals surface area contributed by atoms with Gasteiger partial charge in [0.15, 0.2) is 5.41 Å². The van der Waals surface area contributed by atoms with E-state index in [0.717, 1.165) is 48.3 Å². The lowest BCUT2D eigenvalue weighted by atomic mass is 9.54. The zero-order valence-electron chi connectivity index (χ0n) is 18.2. The zero-order chi connectivity index (χ0) is 22.7. The van der Waals surface area contributed by atoms with E-state index >= 15 is 0 Å². The minimum atomic E-state index is -1.65. The first kappa shape index (κ1) is 21.5. The highest BCUT2D eigenvalue weighted by atomic mass is 15.1. The largest absolute Gasteiger partial charge is 0.331 e. The normalized spacial score (nSPS) is 26.1. The van der Waals surface area contributed by atoms with Crippen LogP contribution in [0.15, 0.2) is 66.2 Å². The Bertz CT molecular complexity index is 1140. The van der Waals surface area contributed by atoms with Crippen LogP contribution in [0.3, 0.4) is 0 Å². The maximum Gasteiger partial charge on any atom is 0.189 e. The number of quaternary nitrogens is 1. The summed E-state index contributed by atoms with van der Waals surface area (Å²) >= 11 is 0. The third kappa shape index (κ3) is 3.40. The molecule has 0 aromatic heterocycles. The summed E-state index contributed by atoms with van der Waals surface area (Å²) in [7, 11) is 0. The average molecular weight is 421 g/mol. The highest BCUT2D eigenvalue weighted by molar-refractivity contribution is 6.00. The van der Waals surface area contributed by atoms with E-state index in [2.05, 4.69) is 31.2 Å². The minimum absolute atomic E-state index is 0.0800. The summed E-state index contributed by atoms with van der Waals surface area (Å²) < 4.78 is 0. The van der Waals surface area contributed by atoms with E-state index in [1.54, 1.807) is 0 Å². The van der Waals surface area contributed by atoms with Gasteiger partial charge in [0.2, 0.25) is 0 Å². The van der Waals surface area contributed by atoms with E-state index in [0.29, 0.717) is 0 Å². The van der Waals surface area contributed by atoms with E-state index < -0.39 is 17.3 Å². The summed E-state index contributed by atoms with van der Waals surface area (Å²) in [6, 6.07) is 24.7. The molecule has 1 aliphatic heterocycles. The van der Waals surface area contributed by atoms with Gasteiger partial charge in [-0.3, -0.25) is 0 Å². The highest BCUT2D eigenvalue weighted by Gasteiger charge is 2.58. The van der Waals surface area contributed by atoms with Gasteiger partial charge in [0.25, 0.3) is 0 Å². The van der Waals surface area contributed by atoms with Gasteiger partial charge in [-0.05, 0) is 34.8 Å². The number of hydrogen-bond acceptors (Lipinski definition) is 4. The zero-order valence-corrected chi connectivity index (χ0v) is 18.2. The van der Waals surface area contributed by atoms with Crippen molar-refractivity contribution in [3.63, 3.8) is 0 Å². The van der Waals surface area contributed by atoms with Crippen molar-refractivity contribution in [1.82, 2.24) is 0 Å². The van der Waals surface area contributed by atoms with Gasteiger partial charge in [-0.2, -0.15) is 15.8 Å². The molecule has 1 fully saturated rings. The molecule has 2 aromatic rings. The summed E-state index contributed by atoms with van der Waals surface area (Å²) in [6.07, 6.45) is 3.13. The van der Waals surface area contributed by atoms with Gasteiger partial charge in [-0.1, -0.05) is 61.5 Å². The fourth-order valence-electron chi connectivity index (χ4n) is 5.41. The van der Waals surface area contributed by atoms with Gasteiger partial charge in [0, 0.05) is 11.8 Å². The number of nitrogens with one attached hydrogen (secondary N) is 2. The number of benzene rings is 2. The van der Waals surface area contributed by atoms with Crippen molar-refractivity contribution in [3.05, 3.63) is 71.8 Å². The lowest BCUT2D eigenvalue weighted by Crippen LogP contribution is -3.13. The lowest BCUT2D eigenvalue weighted by Gasteiger charge is -2.46. The molecule has 1 saturated carbocycles. The molecule has 0 bridgehead atoms.